The van der Waals surface area contributed by atoms with Crippen LogP contribution in [-0.2, 0) is 4.74 Å². The molecule has 0 unspecified atom stereocenters. The van der Waals surface area contributed by atoms with Gasteiger partial charge >= 0.3 is 0 Å². The monoisotopic (exact) mass is 500 g/mol. The van der Waals surface area contributed by atoms with E-state index in [4.69, 9.17) is 9.26 Å². The number of nitriles is 1. The summed E-state index contributed by atoms with van der Waals surface area (Å²) in [5.74, 6) is 0.364. The van der Waals surface area contributed by atoms with Crippen molar-refractivity contribution in [3.8, 4) is 17.3 Å². The van der Waals surface area contributed by atoms with Gasteiger partial charge in [0, 0.05) is 48.6 Å². The molecule has 0 atom stereocenters. The molecule has 1 saturated carbocycles. The van der Waals surface area contributed by atoms with Gasteiger partial charge in [0.05, 0.1) is 6.07 Å². The average molecular weight is 501 g/mol. The molecule has 1 saturated heterocycles. The highest BCUT2D eigenvalue weighted by molar-refractivity contribution is 5.96. The number of carbonyl (C=O) groups excluding carboxylic acids is 1. The van der Waals surface area contributed by atoms with Crippen molar-refractivity contribution in [3.63, 3.8) is 0 Å². The Balaban J connectivity index is 1.43. The fraction of sp³-hybridized carbons (Fsp3) is 0.433. The van der Waals surface area contributed by atoms with E-state index in [2.05, 4.69) is 41.4 Å². The van der Waals surface area contributed by atoms with Crippen molar-refractivity contribution in [1.82, 2.24) is 15.8 Å². The topological polar surface area (TPSA) is 100 Å². The van der Waals surface area contributed by atoms with E-state index in [9.17, 15) is 10.1 Å². The molecule has 1 amide bonds. The number of aromatic nitrogens is 1. The van der Waals surface area contributed by atoms with Crippen LogP contribution in [-0.4, -0.2) is 42.4 Å². The van der Waals surface area contributed by atoms with E-state index >= 15 is 0 Å². The van der Waals surface area contributed by atoms with Crippen LogP contribution in [0.4, 0.5) is 0 Å². The number of nitrogens with zero attached hydrogens (tertiary/aromatic N) is 2. The molecule has 7 heteroatoms. The molecule has 0 bridgehead atoms. The van der Waals surface area contributed by atoms with Gasteiger partial charge in [-0.2, -0.15) is 5.26 Å². The van der Waals surface area contributed by atoms with E-state index in [1.165, 1.54) is 5.57 Å². The van der Waals surface area contributed by atoms with E-state index in [1.807, 2.05) is 24.3 Å². The number of amides is 1. The first kappa shape index (κ1) is 26.6. The lowest BCUT2D eigenvalue weighted by Gasteiger charge is -2.31. The minimum absolute atomic E-state index is 0.240. The maximum absolute atomic E-state index is 13.0. The van der Waals surface area contributed by atoms with Gasteiger partial charge in [0.25, 0.3) is 5.91 Å². The number of nitrogens with one attached hydrogen (secondary N) is 2. The molecule has 2 heterocycles. The third kappa shape index (κ3) is 7.06. The summed E-state index contributed by atoms with van der Waals surface area (Å²) in [5, 5.41) is 20.5. The zero-order valence-electron chi connectivity index (χ0n) is 21.6. The largest absolute Gasteiger partial charge is 0.381 e. The first-order chi connectivity index (χ1) is 18.0. The molecule has 0 spiro atoms. The second kappa shape index (κ2) is 12.7. The molecular formula is C30H36N4O3. The standard InChI is InChI=1S/C30H36N4O3/c1-3-23(11-10-22(2)20-32-26-12-16-36-17-13-26)28-19-27(34-37-28)24-8-7-9-25(18-24)29(35)33-30(21-31)14-5-4-6-15-30/h3,7-11,18-19,26,32H,1,4-6,12-17,20H2,2H3,(H,33,35). The Morgan fingerprint density at radius 2 is 2.00 bits per heavy atom. The van der Waals surface area contributed by atoms with Crippen LogP contribution in [0.3, 0.4) is 0 Å². The maximum atomic E-state index is 13.0. The van der Waals surface area contributed by atoms with Crippen LogP contribution >= 0.6 is 0 Å². The Labute approximate surface area is 219 Å². The molecule has 0 radical (unpaired) electrons. The maximum Gasteiger partial charge on any atom is 0.252 e. The zero-order valence-corrected chi connectivity index (χ0v) is 21.6. The van der Waals surface area contributed by atoms with Gasteiger partial charge in [-0.25, -0.2) is 0 Å². The van der Waals surface area contributed by atoms with Gasteiger partial charge in [-0.1, -0.05) is 66.9 Å². The molecule has 2 fully saturated rings. The molecule has 1 aromatic heterocycles. The number of carbonyl (C=O) groups is 1. The van der Waals surface area contributed by atoms with Crippen LogP contribution < -0.4 is 10.6 Å². The van der Waals surface area contributed by atoms with Gasteiger partial charge in [0.2, 0.25) is 0 Å². The molecule has 4 rings (SSSR count). The van der Waals surface area contributed by atoms with Crippen molar-refractivity contribution >= 4 is 11.5 Å². The summed E-state index contributed by atoms with van der Waals surface area (Å²) >= 11 is 0. The van der Waals surface area contributed by atoms with Gasteiger partial charge in [-0.05, 0) is 44.7 Å². The smallest absolute Gasteiger partial charge is 0.252 e. The van der Waals surface area contributed by atoms with Crippen LogP contribution in [0, 0.1) is 11.3 Å². The van der Waals surface area contributed by atoms with Crippen molar-refractivity contribution in [2.45, 2.75) is 63.5 Å². The summed E-state index contributed by atoms with van der Waals surface area (Å²) < 4.78 is 11.0. The summed E-state index contributed by atoms with van der Waals surface area (Å²) in [5.41, 5.74) is 3.16. The second-order valence-electron chi connectivity index (χ2n) is 9.97. The number of rotatable bonds is 9. The van der Waals surface area contributed by atoms with Gasteiger partial charge < -0.3 is 19.9 Å². The number of allylic oxidation sites excluding steroid dienone is 4. The van der Waals surface area contributed by atoms with Crippen molar-refractivity contribution in [3.05, 3.63) is 72.0 Å². The first-order valence-electron chi connectivity index (χ1n) is 13.1. The zero-order chi connectivity index (χ0) is 26.1. The number of hydrogen-bond donors (Lipinski definition) is 2. The molecule has 37 heavy (non-hydrogen) atoms. The first-order valence-corrected chi connectivity index (χ1v) is 13.1. The minimum Gasteiger partial charge on any atom is -0.381 e. The van der Waals surface area contributed by atoms with Crippen molar-refractivity contribution in [1.29, 1.82) is 5.26 Å². The highest BCUT2D eigenvalue weighted by Gasteiger charge is 2.33. The molecule has 7 nitrogen and oxygen atoms in total. The average Bonchev–Trinajstić information content (AvgIpc) is 3.43. The lowest BCUT2D eigenvalue weighted by atomic mass is 9.82. The summed E-state index contributed by atoms with van der Waals surface area (Å²) in [6.45, 7) is 8.48. The predicted molar refractivity (Wildman–Crippen MR) is 145 cm³/mol. The van der Waals surface area contributed by atoms with Crippen molar-refractivity contribution < 1.29 is 14.1 Å². The second-order valence-corrected chi connectivity index (χ2v) is 9.97. The summed E-state index contributed by atoms with van der Waals surface area (Å²) in [7, 11) is 0. The van der Waals surface area contributed by atoms with E-state index in [-0.39, 0.29) is 5.91 Å². The molecule has 2 N–H and O–H groups in total. The molecule has 2 aliphatic rings. The quantitative estimate of drug-likeness (QED) is 0.436. The van der Waals surface area contributed by atoms with Gasteiger partial charge in [0.1, 0.15) is 11.2 Å². The van der Waals surface area contributed by atoms with Crippen LogP contribution in [0.15, 0.2) is 65.2 Å². The molecule has 194 valence electrons. The summed E-state index contributed by atoms with van der Waals surface area (Å²) in [6.07, 6.45) is 12.3. The lowest BCUT2D eigenvalue weighted by Crippen LogP contribution is -2.48. The normalized spacial score (nSPS) is 18.7. The predicted octanol–water partition coefficient (Wildman–Crippen LogP) is 5.58. The van der Waals surface area contributed by atoms with E-state index < -0.39 is 5.54 Å². The summed E-state index contributed by atoms with van der Waals surface area (Å²) in [4.78, 5) is 13.0. The Morgan fingerprint density at radius 1 is 1.22 bits per heavy atom. The fourth-order valence-corrected chi connectivity index (χ4v) is 4.83. The molecule has 2 aromatic rings. The van der Waals surface area contributed by atoms with Gasteiger partial charge in [0.15, 0.2) is 5.76 Å². The third-order valence-electron chi connectivity index (χ3n) is 7.15. The molecule has 1 aliphatic heterocycles. The minimum atomic E-state index is -0.776. The Bertz CT molecular complexity index is 1190. The number of ether oxygens (including phenoxy) is 1. The van der Waals surface area contributed by atoms with E-state index in [0.29, 0.717) is 35.9 Å². The molecular weight excluding hydrogens is 464 g/mol. The fourth-order valence-electron chi connectivity index (χ4n) is 4.83. The van der Waals surface area contributed by atoms with Crippen molar-refractivity contribution in [2.75, 3.05) is 19.8 Å². The highest BCUT2D eigenvalue weighted by atomic mass is 16.5. The SMILES string of the molecule is C=CC(=CC=C(C)CNC1CCOCC1)c1cc(-c2cccc(C(=O)NC3(C#N)CCCCC3)c2)no1. The van der Waals surface area contributed by atoms with Gasteiger partial charge in [-0.15, -0.1) is 0 Å². The Kier molecular flexibility index (Phi) is 9.10. The van der Waals surface area contributed by atoms with Crippen LogP contribution in [0.25, 0.3) is 16.8 Å². The Morgan fingerprint density at radius 3 is 2.73 bits per heavy atom. The van der Waals surface area contributed by atoms with E-state index in [0.717, 1.165) is 63.0 Å². The molecule has 1 aromatic carbocycles. The van der Waals surface area contributed by atoms with Crippen LogP contribution in [0.2, 0.25) is 0 Å². The summed E-state index contributed by atoms with van der Waals surface area (Å²) in [6, 6.07) is 11.9. The number of hydrogen-bond acceptors (Lipinski definition) is 6. The third-order valence-corrected chi connectivity index (χ3v) is 7.15. The van der Waals surface area contributed by atoms with Crippen LogP contribution in [0.1, 0.15) is 68.0 Å². The van der Waals surface area contributed by atoms with Crippen molar-refractivity contribution in [2.24, 2.45) is 0 Å². The Hall–Kier alpha value is -3.47. The van der Waals surface area contributed by atoms with Gasteiger partial charge in [-0.3, -0.25) is 4.79 Å². The lowest BCUT2D eigenvalue weighted by molar-refractivity contribution is 0.0787. The van der Waals surface area contributed by atoms with Crippen LogP contribution in [0.5, 0.6) is 0 Å². The highest BCUT2D eigenvalue weighted by Crippen LogP contribution is 2.29. The van der Waals surface area contributed by atoms with E-state index in [1.54, 1.807) is 18.2 Å². The number of benzene rings is 1. The molecule has 1 aliphatic carbocycles.